The van der Waals surface area contributed by atoms with Crippen molar-refractivity contribution in [2.75, 3.05) is 0 Å². The van der Waals surface area contributed by atoms with Gasteiger partial charge < -0.3 is 0 Å². The maximum atomic E-state index is 12.9. The number of benzene rings is 1. The van der Waals surface area contributed by atoms with Crippen LogP contribution in [0, 0.1) is 0 Å². The van der Waals surface area contributed by atoms with Crippen LogP contribution < -0.4 is 0 Å². The smallest absolute Gasteiger partial charge is 0.241 e. The maximum absolute atomic E-state index is 12.9. The topological polar surface area (TPSA) is 0 Å². The zero-order valence-electron chi connectivity index (χ0n) is 6.60. The molecule has 66 valence electrons. The molecular weight excluding hydrogens is 165 g/mol. The van der Waals surface area contributed by atoms with Crippen LogP contribution in [-0.2, 0) is 5.92 Å². The van der Waals surface area contributed by atoms with Gasteiger partial charge in [-0.05, 0) is 6.92 Å². The second-order valence-electron chi connectivity index (χ2n) is 2.60. The zero-order chi connectivity index (χ0) is 9.19. The van der Waals surface area contributed by atoms with Crippen molar-refractivity contribution in [1.82, 2.24) is 0 Å². The number of hydrogen-bond acceptors (Lipinski definition) is 0. The van der Waals surface area contributed by atoms with E-state index in [-0.39, 0.29) is 5.56 Å². The Balaban J connectivity index is 2.98. The third-order valence-corrected chi connectivity index (χ3v) is 1.66. The first-order valence-corrected chi connectivity index (χ1v) is 3.62. The lowest BCUT2D eigenvalue weighted by molar-refractivity contribution is -0.0712. The lowest BCUT2D eigenvalue weighted by Gasteiger charge is -2.17. The molecule has 0 nitrogen and oxygen atoms in total. The first-order valence-electron chi connectivity index (χ1n) is 3.62. The van der Waals surface area contributed by atoms with Crippen molar-refractivity contribution >= 4 is 0 Å². The molecule has 0 aliphatic rings. The Kier molecular flexibility index (Phi) is 2.40. The highest BCUT2D eigenvalue weighted by Crippen LogP contribution is 2.32. The standard InChI is InChI=1S/C9H9F3/c1-7(10)9(11,12)8-5-3-2-4-6-8/h2-7H,1H3. The Hall–Kier alpha value is -0.990. The number of halogens is 3. The van der Waals surface area contributed by atoms with Crippen LogP contribution >= 0.6 is 0 Å². The summed E-state index contributed by atoms with van der Waals surface area (Å²) in [5.74, 6) is -3.37. The van der Waals surface area contributed by atoms with Gasteiger partial charge in [0.15, 0.2) is 6.17 Å². The van der Waals surface area contributed by atoms with E-state index in [2.05, 4.69) is 0 Å². The van der Waals surface area contributed by atoms with E-state index in [4.69, 9.17) is 0 Å². The van der Waals surface area contributed by atoms with Gasteiger partial charge in [-0.1, -0.05) is 30.3 Å². The van der Waals surface area contributed by atoms with Crippen molar-refractivity contribution in [3.63, 3.8) is 0 Å². The van der Waals surface area contributed by atoms with Gasteiger partial charge in [0.25, 0.3) is 0 Å². The lowest BCUT2D eigenvalue weighted by atomic mass is 10.1. The summed E-state index contributed by atoms with van der Waals surface area (Å²) in [5, 5.41) is 0. The predicted molar refractivity (Wildman–Crippen MR) is 40.9 cm³/mol. The van der Waals surface area contributed by atoms with Gasteiger partial charge in [0.1, 0.15) is 0 Å². The van der Waals surface area contributed by atoms with E-state index in [1.54, 1.807) is 6.07 Å². The summed E-state index contributed by atoms with van der Waals surface area (Å²) >= 11 is 0. The molecule has 0 saturated heterocycles. The van der Waals surface area contributed by atoms with Crippen LogP contribution in [0.15, 0.2) is 30.3 Å². The highest BCUT2D eigenvalue weighted by atomic mass is 19.3. The minimum atomic E-state index is -3.37. The van der Waals surface area contributed by atoms with Crippen LogP contribution in [0.25, 0.3) is 0 Å². The molecule has 0 spiro atoms. The normalized spacial score (nSPS) is 14.3. The summed E-state index contributed by atoms with van der Waals surface area (Å²) in [6.45, 7) is 0.854. The van der Waals surface area contributed by atoms with Crippen molar-refractivity contribution in [2.24, 2.45) is 0 Å². The van der Waals surface area contributed by atoms with E-state index in [9.17, 15) is 13.2 Å². The van der Waals surface area contributed by atoms with E-state index in [0.29, 0.717) is 0 Å². The van der Waals surface area contributed by atoms with E-state index in [1.807, 2.05) is 0 Å². The van der Waals surface area contributed by atoms with Crippen molar-refractivity contribution in [3.8, 4) is 0 Å². The molecule has 1 aromatic rings. The van der Waals surface area contributed by atoms with Gasteiger partial charge in [-0.3, -0.25) is 0 Å². The molecule has 0 aliphatic heterocycles. The van der Waals surface area contributed by atoms with Gasteiger partial charge >= 0.3 is 5.92 Å². The average Bonchev–Trinajstić information content (AvgIpc) is 2.06. The number of hydrogen-bond donors (Lipinski definition) is 0. The number of alkyl halides is 3. The molecule has 0 heterocycles. The molecule has 1 atom stereocenters. The summed E-state index contributed by atoms with van der Waals surface area (Å²) in [5.41, 5.74) is -0.278. The molecule has 0 amide bonds. The molecule has 0 fully saturated rings. The molecule has 0 aliphatic carbocycles. The Morgan fingerprint density at radius 1 is 1.17 bits per heavy atom. The summed E-state index contributed by atoms with van der Waals surface area (Å²) in [6.07, 6.45) is -2.15. The SMILES string of the molecule is CC(F)C(F)(F)c1ccccc1. The van der Waals surface area contributed by atoms with Gasteiger partial charge in [-0.25, -0.2) is 4.39 Å². The van der Waals surface area contributed by atoms with Crippen LogP contribution in [-0.4, -0.2) is 6.17 Å². The molecule has 0 aromatic heterocycles. The lowest BCUT2D eigenvalue weighted by Crippen LogP contribution is -2.24. The molecule has 0 saturated carbocycles. The van der Waals surface area contributed by atoms with Crippen LogP contribution in [0.2, 0.25) is 0 Å². The fourth-order valence-corrected chi connectivity index (χ4v) is 0.890. The van der Waals surface area contributed by atoms with E-state index >= 15 is 0 Å². The summed E-state index contributed by atoms with van der Waals surface area (Å²) < 4.78 is 38.2. The molecule has 0 radical (unpaired) electrons. The van der Waals surface area contributed by atoms with E-state index < -0.39 is 12.1 Å². The fraction of sp³-hybridized carbons (Fsp3) is 0.333. The average molecular weight is 174 g/mol. The Bertz CT molecular complexity index is 241. The molecular formula is C9H9F3. The van der Waals surface area contributed by atoms with Gasteiger partial charge in [0.05, 0.1) is 0 Å². The largest absolute Gasteiger partial charge is 0.303 e. The van der Waals surface area contributed by atoms with Crippen molar-refractivity contribution in [3.05, 3.63) is 35.9 Å². The minimum Gasteiger partial charge on any atom is -0.241 e. The van der Waals surface area contributed by atoms with Crippen molar-refractivity contribution in [2.45, 2.75) is 19.0 Å². The third kappa shape index (κ3) is 1.60. The molecule has 1 unspecified atom stereocenters. The Morgan fingerprint density at radius 3 is 2.08 bits per heavy atom. The van der Waals surface area contributed by atoms with E-state index in [1.165, 1.54) is 24.3 Å². The molecule has 0 N–H and O–H groups in total. The fourth-order valence-electron chi connectivity index (χ4n) is 0.890. The molecule has 1 rings (SSSR count). The van der Waals surface area contributed by atoms with Gasteiger partial charge in [0, 0.05) is 5.56 Å². The van der Waals surface area contributed by atoms with Gasteiger partial charge in [-0.2, -0.15) is 8.78 Å². The summed E-state index contributed by atoms with van der Waals surface area (Å²) in [4.78, 5) is 0. The molecule has 12 heavy (non-hydrogen) atoms. The number of rotatable bonds is 2. The molecule has 1 aromatic carbocycles. The second-order valence-corrected chi connectivity index (χ2v) is 2.60. The summed E-state index contributed by atoms with van der Waals surface area (Å²) in [7, 11) is 0. The monoisotopic (exact) mass is 174 g/mol. The highest BCUT2D eigenvalue weighted by molar-refractivity contribution is 5.20. The van der Waals surface area contributed by atoms with Crippen molar-refractivity contribution < 1.29 is 13.2 Å². The maximum Gasteiger partial charge on any atom is 0.303 e. The van der Waals surface area contributed by atoms with Crippen LogP contribution in [0.3, 0.4) is 0 Å². The first kappa shape index (κ1) is 9.10. The predicted octanol–water partition coefficient (Wildman–Crippen LogP) is 3.14. The van der Waals surface area contributed by atoms with Gasteiger partial charge in [0.2, 0.25) is 0 Å². The van der Waals surface area contributed by atoms with Crippen molar-refractivity contribution in [1.29, 1.82) is 0 Å². The highest BCUT2D eigenvalue weighted by Gasteiger charge is 2.38. The van der Waals surface area contributed by atoms with Crippen LogP contribution in [0.1, 0.15) is 12.5 Å². The van der Waals surface area contributed by atoms with Crippen LogP contribution in [0.5, 0.6) is 0 Å². The Labute approximate surface area is 69.0 Å². The molecule has 0 bridgehead atoms. The first-order chi connectivity index (χ1) is 5.55. The van der Waals surface area contributed by atoms with Crippen LogP contribution in [0.4, 0.5) is 13.2 Å². The third-order valence-electron chi connectivity index (χ3n) is 1.66. The minimum absolute atomic E-state index is 0.278. The Morgan fingerprint density at radius 2 is 1.67 bits per heavy atom. The van der Waals surface area contributed by atoms with Gasteiger partial charge in [-0.15, -0.1) is 0 Å². The quantitative estimate of drug-likeness (QED) is 0.646. The zero-order valence-corrected chi connectivity index (χ0v) is 6.60. The summed E-state index contributed by atoms with van der Waals surface area (Å²) in [6, 6.07) is 6.98. The second kappa shape index (κ2) is 3.17. The van der Waals surface area contributed by atoms with E-state index in [0.717, 1.165) is 6.92 Å². The molecule has 3 heteroatoms.